The van der Waals surface area contributed by atoms with Crippen molar-refractivity contribution in [3.05, 3.63) is 0 Å². The highest BCUT2D eigenvalue weighted by atomic mass is 16.5. The van der Waals surface area contributed by atoms with Gasteiger partial charge in [-0.3, -0.25) is 4.90 Å². The van der Waals surface area contributed by atoms with Crippen LogP contribution in [0.2, 0.25) is 0 Å². The molecule has 0 aromatic carbocycles. The van der Waals surface area contributed by atoms with Crippen LogP contribution < -0.4 is 5.73 Å². The summed E-state index contributed by atoms with van der Waals surface area (Å²) >= 11 is 0. The summed E-state index contributed by atoms with van der Waals surface area (Å²) in [4.78, 5) is 2.49. The van der Waals surface area contributed by atoms with Crippen molar-refractivity contribution in [2.24, 2.45) is 23.5 Å². The second-order valence-electron chi connectivity index (χ2n) is 5.98. The van der Waals surface area contributed by atoms with Gasteiger partial charge in [0.2, 0.25) is 0 Å². The third kappa shape index (κ3) is 2.27. The van der Waals surface area contributed by atoms with Crippen LogP contribution in [0.4, 0.5) is 0 Å². The number of nitrogens with zero attached hydrogens (tertiary/aromatic N) is 1. The van der Waals surface area contributed by atoms with E-state index in [9.17, 15) is 0 Å². The van der Waals surface area contributed by atoms with Gasteiger partial charge < -0.3 is 10.5 Å². The molecule has 0 bridgehead atoms. The van der Waals surface area contributed by atoms with Gasteiger partial charge in [0.25, 0.3) is 0 Å². The van der Waals surface area contributed by atoms with Gasteiger partial charge in [0.1, 0.15) is 0 Å². The lowest BCUT2D eigenvalue weighted by Crippen LogP contribution is -2.55. The normalized spacial score (nSPS) is 37.7. The predicted molar refractivity (Wildman–Crippen MR) is 66.3 cm³/mol. The number of hydrogen-bond donors (Lipinski definition) is 1. The van der Waals surface area contributed by atoms with E-state index in [2.05, 4.69) is 25.8 Å². The molecule has 16 heavy (non-hydrogen) atoms. The van der Waals surface area contributed by atoms with Crippen LogP contribution in [0.5, 0.6) is 0 Å². The lowest BCUT2D eigenvalue weighted by Gasteiger charge is -2.42. The average molecular weight is 226 g/mol. The van der Waals surface area contributed by atoms with Crippen LogP contribution in [0, 0.1) is 17.8 Å². The Labute approximate surface area is 99.3 Å². The monoisotopic (exact) mass is 226 g/mol. The minimum absolute atomic E-state index is 0.124. The van der Waals surface area contributed by atoms with Gasteiger partial charge >= 0.3 is 0 Å². The lowest BCUT2D eigenvalue weighted by molar-refractivity contribution is 0.0622. The first-order valence-corrected chi connectivity index (χ1v) is 6.57. The molecule has 2 N–H and O–H groups in total. The molecule has 0 spiro atoms. The number of ether oxygens (including phenoxy) is 1. The van der Waals surface area contributed by atoms with E-state index >= 15 is 0 Å². The first-order chi connectivity index (χ1) is 7.58. The van der Waals surface area contributed by atoms with E-state index in [0.717, 1.165) is 38.0 Å². The molecule has 0 aromatic heterocycles. The van der Waals surface area contributed by atoms with Gasteiger partial charge in [-0.25, -0.2) is 0 Å². The molecule has 4 unspecified atom stereocenters. The van der Waals surface area contributed by atoms with E-state index in [1.165, 1.54) is 13.0 Å². The van der Waals surface area contributed by atoms with Gasteiger partial charge in [-0.05, 0) is 38.6 Å². The maximum absolute atomic E-state index is 6.02. The van der Waals surface area contributed by atoms with Crippen molar-refractivity contribution in [3.8, 4) is 0 Å². The van der Waals surface area contributed by atoms with E-state index in [1.54, 1.807) is 0 Å². The molecule has 1 saturated carbocycles. The standard InChI is InChI=1S/C13H26N2O/c1-10-6-11(10)7-15(3)13(2,9-14)12-4-5-16-8-12/h10-12H,4-9,14H2,1-3H3. The van der Waals surface area contributed by atoms with Crippen LogP contribution in [0.3, 0.4) is 0 Å². The van der Waals surface area contributed by atoms with E-state index in [-0.39, 0.29) is 5.54 Å². The van der Waals surface area contributed by atoms with Crippen molar-refractivity contribution in [2.75, 3.05) is 33.4 Å². The topological polar surface area (TPSA) is 38.5 Å². The molecule has 1 heterocycles. The molecule has 3 nitrogen and oxygen atoms in total. The zero-order valence-corrected chi connectivity index (χ0v) is 10.9. The largest absolute Gasteiger partial charge is 0.381 e. The van der Waals surface area contributed by atoms with Crippen molar-refractivity contribution in [1.29, 1.82) is 0 Å². The Morgan fingerprint density at radius 1 is 1.50 bits per heavy atom. The summed E-state index contributed by atoms with van der Waals surface area (Å²) in [7, 11) is 2.23. The van der Waals surface area contributed by atoms with Gasteiger partial charge in [0.05, 0.1) is 6.61 Å². The molecule has 2 aliphatic rings. The summed E-state index contributed by atoms with van der Waals surface area (Å²) < 4.78 is 5.51. The molecule has 0 radical (unpaired) electrons. The van der Waals surface area contributed by atoms with E-state index in [0.29, 0.717) is 5.92 Å². The first kappa shape index (κ1) is 12.3. The maximum Gasteiger partial charge on any atom is 0.0513 e. The third-order valence-corrected chi connectivity index (χ3v) is 4.88. The second kappa shape index (κ2) is 4.63. The molecule has 1 saturated heterocycles. The molecule has 2 rings (SSSR count). The molecule has 1 aliphatic heterocycles. The molecule has 0 amide bonds. The molecular formula is C13H26N2O. The van der Waals surface area contributed by atoms with Crippen molar-refractivity contribution in [2.45, 2.75) is 32.2 Å². The molecule has 0 aromatic rings. The minimum Gasteiger partial charge on any atom is -0.381 e. The molecule has 1 aliphatic carbocycles. The SMILES string of the molecule is CC1CC1CN(C)C(C)(CN)C1CCOC1. The molecule has 2 fully saturated rings. The first-order valence-electron chi connectivity index (χ1n) is 6.57. The number of hydrogen-bond acceptors (Lipinski definition) is 3. The third-order valence-electron chi connectivity index (χ3n) is 4.88. The molecular weight excluding hydrogens is 200 g/mol. The van der Waals surface area contributed by atoms with Crippen molar-refractivity contribution in [3.63, 3.8) is 0 Å². The maximum atomic E-state index is 6.02. The number of rotatable bonds is 5. The van der Waals surface area contributed by atoms with Crippen LogP contribution >= 0.6 is 0 Å². The second-order valence-corrected chi connectivity index (χ2v) is 5.98. The van der Waals surface area contributed by atoms with Crippen molar-refractivity contribution in [1.82, 2.24) is 4.90 Å². The van der Waals surface area contributed by atoms with Crippen LogP contribution in [0.15, 0.2) is 0 Å². The van der Waals surface area contributed by atoms with Crippen molar-refractivity contribution >= 4 is 0 Å². The summed E-state index contributed by atoms with van der Waals surface area (Å²) in [6, 6.07) is 0. The molecule has 4 atom stereocenters. The molecule has 3 heteroatoms. The highest BCUT2D eigenvalue weighted by Gasteiger charge is 2.42. The fourth-order valence-corrected chi connectivity index (χ4v) is 2.87. The summed E-state index contributed by atoms with van der Waals surface area (Å²) in [6.07, 6.45) is 2.56. The zero-order valence-electron chi connectivity index (χ0n) is 10.9. The number of nitrogens with two attached hydrogens (primary N) is 1. The Balaban J connectivity index is 1.95. The van der Waals surface area contributed by atoms with Crippen LogP contribution in [0.1, 0.15) is 26.7 Å². The lowest BCUT2D eigenvalue weighted by atomic mass is 9.83. The zero-order chi connectivity index (χ0) is 11.8. The Morgan fingerprint density at radius 3 is 2.62 bits per heavy atom. The highest BCUT2D eigenvalue weighted by Crippen LogP contribution is 2.40. The summed E-state index contributed by atoms with van der Waals surface area (Å²) in [6.45, 7) is 8.38. The Kier molecular flexibility index (Phi) is 3.57. The van der Waals surface area contributed by atoms with Gasteiger partial charge in [-0.15, -0.1) is 0 Å². The van der Waals surface area contributed by atoms with E-state index in [4.69, 9.17) is 10.5 Å². The van der Waals surface area contributed by atoms with Gasteiger partial charge in [-0.1, -0.05) is 6.92 Å². The number of likely N-dealkylation sites (N-methyl/N-ethyl adjacent to an activating group) is 1. The minimum atomic E-state index is 0.124. The van der Waals surface area contributed by atoms with Gasteiger partial charge in [0, 0.05) is 31.2 Å². The summed E-state index contributed by atoms with van der Waals surface area (Å²) in [5.41, 5.74) is 6.15. The van der Waals surface area contributed by atoms with Crippen LogP contribution in [-0.2, 0) is 4.74 Å². The van der Waals surface area contributed by atoms with Crippen LogP contribution in [0.25, 0.3) is 0 Å². The van der Waals surface area contributed by atoms with Crippen molar-refractivity contribution < 1.29 is 4.74 Å². The van der Waals surface area contributed by atoms with Gasteiger partial charge in [0.15, 0.2) is 0 Å². The Morgan fingerprint density at radius 2 is 2.19 bits per heavy atom. The quantitative estimate of drug-likeness (QED) is 0.768. The summed E-state index contributed by atoms with van der Waals surface area (Å²) in [5.74, 6) is 2.43. The van der Waals surface area contributed by atoms with Gasteiger partial charge in [-0.2, -0.15) is 0 Å². The van der Waals surface area contributed by atoms with E-state index < -0.39 is 0 Å². The predicted octanol–water partition coefficient (Wildman–Crippen LogP) is 1.33. The fraction of sp³-hybridized carbons (Fsp3) is 1.00. The fourth-order valence-electron chi connectivity index (χ4n) is 2.87. The van der Waals surface area contributed by atoms with E-state index in [1.807, 2.05) is 0 Å². The highest BCUT2D eigenvalue weighted by molar-refractivity contribution is 4.96. The molecule has 94 valence electrons. The smallest absolute Gasteiger partial charge is 0.0513 e. The Hall–Kier alpha value is -0.120. The summed E-state index contributed by atoms with van der Waals surface area (Å²) in [5, 5.41) is 0. The van der Waals surface area contributed by atoms with Crippen LogP contribution in [-0.4, -0.2) is 43.8 Å². The average Bonchev–Trinajstić information content (AvgIpc) is 2.77. The Bertz CT molecular complexity index is 240.